The molecule has 2 rings (SSSR count). The summed E-state index contributed by atoms with van der Waals surface area (Å²) >= 11 is 3.67. The number of nitrogens with zero attached hydrogens (tertiary/aromatic N) is 2. The highest BCUT2D eigenvalue weighted by Crippen LogP contribution is 2.25. The van der Waals surface area contributed by atoms with Crippen LogP contribution in [0.3, 0.4) is 0 Å². The van der Waals surface area contributed by atoms with Crippen LogP contribution in [0, 0.1) is 6.92 Å². The third-order valence-electron chi connectivity index (χ3n) is 2.37. The molecule has 0 aliphatic rings. The van der Waals surface area contributed by atoms with Crippen molar-refractivity contribution in [3.8, 4) is 0 Å². The molecule has 0 radical (unpaired) electrons. The van der Waals surface area contributed by atoms with E-state index in [-0.39, 0.29) is 4.83 Å². The molecule has 0 saturated carbocycles. The van der Waals surface area contributed by atoms with Gasteiger partial charge in [0.1, 0.15) is 5.82 Å². The van der Waals surface area contributed by atoms with Gasteiger partial charge in [0.15, 0.2) is 0 Å². The number of alkyl halides is 1. The van der Waals surface area contributed by atoms with Crippen molar-refractivity contribution >= 4 is 15.9 Å². The number of aryl methyl sites for hydroxylation is 1. The van der Waals surface area contributed by atoms with E-state index in [0.717, 1.165) is 17.9 Å². The Kier molecular flexibility index (Phi) is 3.67. The van der Waals surface area contributed by atoms with Gasteiger partial charge < -0.3 is 0 Å². The van der Waals surface area contributed by atoms with Crippen molar-refractivity contribution < 1.29 is 0 Å². The lowest BCUT2D eigenvalue weighted by Crippen LogP contribution is -2.01. The highest BCUT2D eigenvalue weighted by Gasteiger charge is 2.09. The Morgan fingerprint density at radius 2 is 1.94 bits per heavy atom. The molecule has 0 amide bonds. The van der Waals surface area contributed by atoms with Crippen LogP contribution in [0.4, 0.5) is 0 Å². The van der Waals surface area contributed by atoms with Crippen molar-refractivity contribution in [1.29, 1.82) is 0 Å². The second-order valence-electron chi connectivity index (χ2n) is 3.70. The zero-order valence-electron chi connectivity index (χ0n) is 9.10. The van der Waals surface area contributed by atoms with Crippen LogP contribution in [0.1, 0.15) is 21.9 Å². The number of hydrogen-bond donors (Lipinski definition) is 0. The Morgan fingerprint density at radius 1 is 1.19 bits per heavy atom. The fraction of sp³-hybridized carbons (Fsp3) is 0.231. The van der Waals surface area contributed by atoms with Crippen molar-refractivity contribution in [3.05, 3.63) is 59.7 Å². The molecule has 1 atom stereocenters. The highest BCUT2D eigenvalue weighted by atomic mass is 79.9. The number of aromatic nitrogens is 2. The average molecular weight is 277 g/mol. The molecule has 16 heavy (non-hydrogen) atoms. The summed E-state index contributed by atoms with van der Waals surface area (Å²) in [7, 11) is 0. The molecular formula is C13H13BrN2. The molecule has 0 N–H and O–H groups in total. The molecule has 1 unspecified atom stereocenters. The lowest BCUT2D eigenvalue weighted by atomic mass is 10.1. The quantitative estimate of drug-likeness (QED) is 0.803. The SMILES string of the molecule is Cc1ccnc(CC(Br)c2ccccc2)n1. The molecule has 1 heterocycles. The molecule has 3 heteroatoms. The molecule has 0 spiro atoms. The third kappa shape index (κ3) is 2.89. The first-order valence-corrected chi connectivity index (χ1v) is 6.15. The maximum atomic E-state index is 4.40. The zero-order valence-corrected chi connectivity index (χ0v) is 10.7. The molecule has 0 fully saturated rings. The Labute approximate surface area is 104 Å². The van der Waals surface area contributed by atoms with Gasteiger partial charge in [0.25, 0.3) is 0 Å². The van der Waals surface area contributed by atoms with Gasteiger partial charge >= 0.3 is 0 Å². The Hall–Kier alpha value is -1.22. The van der Waals surface area contributed by atoms with Gasteiger partial charge in [-0.15, -0.1) is 0 Å². The van der Waals surface area contributed by atoms with E-state index in [4.69, 9.17) is 0 Å². The van der Waals surface area contributed by atoms with Crippen LogP contribution < -0.4 is 0 Å². The molecule has 82 valence electrons. The molecule has 0 aliphatic carbocycles. The van der Waals surface area contributed by atoms with Crippen LogP contribution in [0.25, 0.3) is 0 Å². The topological polar surface area (TPSA) is 25.8 Å². The lowest BCUT2D eigenvalue weighted by molar-refractivity contribution is 0.840. The normalized spacial score (nSPS) is 12.4. The summed E-state index contributed by atoms with van der Waals surface area (Å²) in [5, 5.41) is 0. The summed E-state index contributed by atoms with van der Waals surface area (Å²) in [4.78, 5) is 8.94. The van der Waals surface area contributed by atoms with Crippen LogP contribution >= 0.6 is 15.9 Å². The molecular weight excluding hydrogens is 264 g/mol. The van der Waals surface area contributed by atoms with E-state index in [0.29, 0.717) is 0 Å². The molecule has 0 bridgehead atoms. The van der Waals surface area contributed by atoms with Crippen LogP contribution in [0.5, 0.6) is 0 Å². The van der Waals surface area contributed by atoms with Gasteiger partial charge in [-0.2, -0.15) is 0 Å². The molecule has 0 saturated heterocycles. The molecule has 2 nitrogen and oxygen atoms in total. The first-order chi connectivity index (χ1) is 7.75. The van der Waals surface area contributed by atoms with Gasteiger partial charge in [-0.1, -0.05) is 46.3 Å². The van der Waals surface area contributed by atoms with E-state index in [1.165, 1.54) is 5.56 Å². The van der Waals surface area contributed by atoms with Gasteiger partial charge in [0.05, 0.1) is 0 Å². The van der Waals surface area contributed by atoms with E-state index in [1.54, 1.807) is 0 Å². The molecule has 1 aromatic carbocycles. The predicted octanol–water partition coefficient (Wildman–Crippen LogP) is 3.46. The zero-order chi connectivity index (χ0) is 11.4. The predicted molar refractivity (Wildman–Crippen MR) is 68.6 cm³/mol. The maximum absolute atomic E-state index is 4.40. The summed E-state index contributed by atoms with van der Waals surface area (Å²) in [5.41, 5.74) is 2.27. The van der Waals surface area contributed by atoms with Crippen LogP contribution in [-0.2, 0) is 6.42 Å². The number of rotatable bonds is 3. The minimum Gasteiger partial charge on any atom is -0.241 e. The number of benzene rings is 1. The van der Waals surface area contributed by atoms with Gasteiger partial charge in [-0.25, -0.2) is 9.97 Å². The van der Waals surface area contributed by atoms with E-state index < -0.39 is 0 Å². The highest BCUT2D eigenvalue weighted by molar-refractivity contribution is 9.09. The first kappa shape index (κ1) is 11.3. The summed E-state index contributed by atoms with van der Waals surface area (Å²) in [6.45, 7) is 1.98. The Balaban J connectivity index is 2.11. The van der Waals surface area contributed by atoms with E-state index in [2.05, 4.69) is 38.0 Å². The van der Waals surface area contributed by atoms with Crippen LogP contribution in [0.2, 0.25) is 0 Å². The Morgan fingerprint density at radius 3 is 2.62 bits per heavy atom. The smallest absolute Gasteiger partial charge is 0.129 e. The summed E-state index contributed by atoms with van der Waals surface area (Å²) in [6, 6.07) is 12.2. The third-order valence-corrected chi connectivity index (χ3v) is 3.22. The largest absolute Gasteiger partial charge is 0.241 e. The van der Waals surface area contributed by atoms with Crippen molar-refractivity contribution in [3.63, 3.8) is 0 Å². The van der Waals surface area contributed by atoms with Crippen molar-refractivity contribution in [2.45, 2.75) is 18.2 Å². The lowest BCUT2D eigenvalue weighted by Gasteiger charge is -2.08. The fourth-order valence-corrected chi connectivity index (χ4v) is 2.13. The monoisotopic (exact) mass is 276 g/mol. The number of hydrogen-bond acceptors (Lipinski definition) is 2. The second kappa shape index (κ2) is 5.21. The van der Waals surface area contributed by atoms with E-state index in [9.17, 15) is 0 Å². The first-order valence-electron chi connectivity index (χ1n) is 5.23. The molecule has 2 aromatic rings. The maximum Gasteiger partial charge on any atom is 0.129 e. The Bertz CT molecular complexity index is 456. The summed E-state index contributed by atoms with van der Waals surface area (Å²) < 4.78 is 0. The molecule has 1 aromatic heterocycles. The van der Waals surface area contributed by atoms with Crippen LogP contribution in [0.15, 0.2) is 42.6 Å². The van der Waals surface area contributed by atoms with E-state index in [1.807, 2.05) is 37.4 Å². The minimum atomic E-state index is 0.274. The minimum absolute atomic E-state index is 0.274. The van der Waals surface area contributed by atoms with Crippen molar-refractivity contribution in [2.75, 3.05) is 0 Å². The second-order valence-corrected chi connectivity index (χ2v) is 4.80. The van der Waals surface area contributed by atoms with Gasteiger partial charge in [0.2, 0.25) is 0 Å². The van der Waals surface area contributed by atoms with E-state index >= 15 is 0 Å². The van der Waals surface area contributed by atoms with Crippen molar-refractivity contribution in [2.24, 2.45) is 0 Å². The molecule has 0 aliphatic heterocycles. The summed E-state index contributed by atoms with van der Waals surface area (Å²) in [5.74, 6) is 0.880. The van der Waals surface area contributed by atoms with Gasteiger partial charge in [0, 0.05) is 23.1 Å². The van der Waals surface area contributed by atoms with Gasteiger partial charge in [-0.05, 0) is 18.6 Å². The fourth-order valence-electron chi connectivity index (χ4n) is 1.54. The van der Waals surface area contributed by atoms with Crippen LogP contribution in [-0.4, -0.2) is 9.97 Å². The van der Waals surface area contributed by atoms with Crippen molar-refractivity contribution in [1.82, 2.24) is 9.97 Å². The number of halogens is 1. The van der Waals surface area contributed by atoms with Gasteiger partial charge in [-0.3, -0.25) is 0 Å². The average Bonchev–Trinajstić information content (AvgIpc) is 2.30. The standard InChI is InChI=1S/C13H13BrN2/c1-10-7-8-15-13(16-10)9-12(14)11-5-3-2-4-6-11/h2-8,12H,9H2,1H3. The summed E-state index contributed by atoms with van der Waals surface area (Å²) in [6.07, 6.45) is 2.62.